The molecule has 1 saturated heterocycles. The van der Waals surface area contributed by atoms with Crippen molar-refractivity contribution in [1.29, 1.82) is 0 Å². The van der Waals surface area contributed by atoms with Crippen molar-refractivity contribution in [2.24, 2.45) is 21.7 Å². The molecule has 0 aliphatic carbocycles. The Morgan fingerprint density at radius 1 is 1.36 bits per heavy atom. The number of hydrazine groups is 1. The van der Waals surface area contributed by atoms with Crippen LogP contribution in [-0.4, -0.2) is 95.8 Å². The minimum absolute atomic E-state index is 0.0421. The number of β-lactam (4-membered cyclic amide) rings is 1. The Hall–Kier alpha value is -3.39. The first kappa shape index (κ1) is 28.6. The summed E-state index contributed by atoms with van der Waals surface area (Å²) in [6.07, 6.45) is -0.364. The number of thioether (sulfide) groups is 2. The monoisotopic (exact) mass is 597 g/mol. The highest BCUT2D eigenvalue weighted by Crippen LogP contribution is 2.41. The van der Waals surface area contributed by atoms with Crippen LogP contribution in [0, 0.1) is 0 Å². The summed E-state index contributed by atoms with van der Waals surface area (Å²) in [5.74, 6) is 4.41. The van der Waals surface area contributed by atoms with Crippen LogP contribution in [0.3, 0.4) is 0 Å². The summed E-state index contributed by atoms with van der Waals surface area (Å²) in [6, 6.07) is -0.986. The summed E-state index contributed by atoms with van der Waals surface area (Å²) in [6.45, 7) is 3.68. The first-order valence-corrected chi connectivity index (χ1v) is 14.3. The molecule has 3 aliphatic rings. The molecule has 0 radical (unpaired) electrons. The van der Waals surface area contributed by atoms with Crippen LogP contribution in [0.5, 0.6) is 0 Å². The van der Waals surface area contributed by atoms with Gasteiger partial charge in [0.05, 0.1) is 0 Å². The molecule has 210 valence electrons. The Balaban J connectivity index is 1.49. The van der Waals surface area contributed by atoms with Gasteiger partial charge in [0.25, 0.3) is 11.8 Å². The molecule has 4 rings (SSSR count). The van der Waals surface area contributed by atoms with Gasteiger partial charge in [0.2, 0.25) is 11.5 Å². The molecule has 2 amide bonds. The largest absolute Gasteiger partial charge is 0.477 e. The normalized spacial score (nSPS) is 23.4. The Bertz CT molecular complexity index is 1310. The Morgan fingerprint density at radius 3 is 2.72 bits per heavy atom. The molecule has 1 aromatic heterocycles. The molecule has 9 N–H and O–H groups in total. The SMILES string of the molecule is CCO/N=C(\C(=O)NC1C(=O)N2C(C(=O)O)=C(CSC3=NC(N)=C(C)C(NC)N3N)CS[C@@H]12)c1nsc(N)n1. The zero-order valence-corrected chi connectivity index (χ0v) is 23.5. The third kappa shape index (κ3) is 5.53. The first-order valence-electron chi connectivity index (χ1n) is 11.5. The van der Waals surface area contributed by atoms with Crippen molar-refractivity contribution < 1.29 is 24.3 Å². The van der Waals surface area contributed by atoms with E-state index in [0.29, 0.717) is 22.3 Å². The average molecular weight is 598 g/mol. The van der Waals surface area contributed by atoms with E-state index in [1.807, 2.05) is 6.92 Å². The van der Waals surface area contributed by atoms with Crippen LogP contribution in [0.4, 0.5) is 5.13 Å². The first-order chi connectivity index (χ1) is 18.6. The summed E-state index contributed by atoms with van der Waals surface area (Å²) >= 11 is 3.41. The van der Waals surface area contributed by atoms with Crippen LogP contribution in [0.2, 0.25) is 0 Å². The number of anilines is 1. The lowest BCUT2D eigenvalue weighted by Gasteiger charge is -2.49. The Kier molecular flexibility index (Phi) is 8.64. The van der Waals surface area contributed by atoms with E-state index in [2.05, 4.69) is 30.1 Å². The smallest absolute Gasteiger partial charge is 0.352 e. The van der Waals surface area contributed by atoms with Gasteiger partial charge >= 0.3 is 5.97 Å². The molecule has 0 bridgehead atoms. The fraction of sp³-hybridized carbons (Fsp3) is 0.450. The van der Waals surface area contributed by atoms with Gasteiger partial charge in [0.1, 0.15) is 35.7 Å². The molecular formula is C20H27N11O5S3. The number of amidine groups is 1. The van der Waals surface area contributed by atoms with Crippen LogP contribution in [0.1, 0.15) is 19.7 Å². The third-order valence-electron chi connectivity index (χ3n) is 5.87. The number of carbonyl (C=O) groups is 3. The van der Waals surface area contributed by atoms with E-state index < -0.39 is 29.2 Å². The van der Waals surface area contributed by atoms with E-state index in [-0.39, 0.29) is 40.9 Å². The number of nitrogens with two attached hydrogens (primary N) is 3. The van der Waals surface area contributed by atoms with Crippen molar-refractivity contribution in [2.45, 2.75) is 31.4 Å². The molecule has 16 nitrogen and oxygen atoms in total. The maximum atomic E-state index is 13.1. The number of likely N-dealkylation sites (N-methyl/N-ethyl adjacent to an activating group) is 1. The number of oxime groups is 1. The number of amides is 2. The van der Waals surface area contributed by atoms with Crippen LogP contribution >= 0.6 is 35.1 Å². The molecule has 2 unspecified atom stereocenters. The molecule has 39 heavy (non-hydrogen) atoms. The third-order valence-corrected chi connectivity index (χ3v) is 8.80. The van der Waals surface area contributed by atoms with Crippen LogP contribution in [0.15, 0.2) is 32.8 Å². The lowest BCUT2D eigenvalue weighted by Crippen LogP contribution is -2.71. The molecular weight excluding hydrogens is 570 g/mol. The number of nitrogens with zero attached hydrogens (tertiary/aromatic N) is 6. The number of hydrogen-bond donors (Lipinski definition) is 6. The van der Waals surface area contributed by atoms with E-state index in [4.69, 9.17) is 22.1 Å². The number of carboxylic acids is 1. The van der Waals surface area contributed by atoms with E-state index in [0.717, 1.165) is 17.1 Å². The highest BCUT2D eigenvalue weighted by atomic mass is 32.2. The van der Waals surface area contributed by atoms with Gasteiger partial charge in [-0.05, 0) is 26.5 Å². The lowest BCUT2D eigenvalue weighted by molar-refractivity contribution is -0.150. The number of carboxylic acid groups (broad SMARTS) is 1. The minimum atomic E-state index is -1.26. The topological polar surface area (TPSA) is 240 Å². The fourth-order valence-corrected chi connectivity index (χ4v) is 6.84. The van der Waals surface area contributed by atoms with Crippen molar-refractivity contribution in [3.05, 3.63) is 28.5 Å². The van der Waals surface area contributed by atoms with Crippen molar-refractivity contribution in [1.82, 2.24) is 29.9 Å². The second kappa shape index (κ2) is 11.8. The van der Waals surface area contributed by atoms with Crippen molar-refractivity contribution in [2.75, 3.05) is 30.9 Å². The Morgan fingerprint density at radius 2 is 2.10 bits per heavy atom. The van der Waals surface area contributed by atoms with Gasteiger partial charge in [-0.3, -0.25) is 24.8 Å². The Labute approximate surface area is 235 Å². The fourth-order valence-electron chi connectivity index (χ4n) is 3.97. The highest BCUT2D eigenvalue weighted by molar-refractivity contribution is 8.14. The number of nitrogens with one attached hydrogen (secondary N) is 2. The zero-order valence-electron chi connectivity index (χ0n) is 21.1. The number of nitrogen functional groups attached to an aromatic ring is 1. The number of carbonyl (C=O) groups excluding carboxylic acids is 2. The number of fused-ring (bicyclic) bond motifs is 1. The maximum absolute atomic E-state index is 13.1. The van der Waals surface area contributed by atoms with Gasteiger partial charge < -0.3 is 26.7 Å². The summed E-state index contributed by atoms with van der Waals surface area (Å²) < 4.78 is 3.98. The second-order valence-electron chi connectivity index (χ2n) is 8.28. The highest BCUT2D eigenvalue weighted by Gasteiger charge is 2.54. The lowest BCUT2D eigenvalue weighted by atomic mass is 10.0. The molecule has 0 aromatic carbocycles. The molecule has 1 fully saturated rings. The average Bonchev–Trinajstić information content (AvgIpc) is 3.34. The molecule has 19 heteroatoms. The van der Waals surface area contributed by atoms with Crippen LogP contribution in [-0.2, 0) is 19.2 Å². The second-order valence-corrected chi connectivity index (χ2v) is 11.1. The zero-order chi connectivity index (χ0) is 28.4. The van der Waals surface area contributed by atoms with Crippen molar-refractivity contribution in [3.63, 3.8) is 0 Å². The maximum Gasteiger partial charge on any atom is 0.352 e. The van der Waals surface area contributed by atoms with E-state index in [1.54, 1.807) is 14.0 Å². The van der Waals surface area contributed by atoms with Gasteiger partial charge in [-0.1, -0.05) is 16.9 Å². The van der Waals surface area contributed by atoms with Gasteiger partial charge in [-0.2, -0.15) is 9.36 Å². The van der Waals surface area contributed by atoms with Crippen molar-refractivity contribution in [3.8, 4) is 0 Å². The standard InChI is InChI=1S/C20H27N11O5S3/c1-4-36-28-9(13-27-19(22)39-29-13)15(32)25-10-16(33)30-11(18(34)35)8(5-37-17(10)30)6-38-20-26-12(21)7(2)14(24-3)31(20)23/h10,14,17,24H,4-6,21,23H2,1-3H3,(H,25,32)(H,34,35)(H2,22,27,29)/b28-9-/t10?,14?,17-/m0/s1. The summed E-state index contributed by atoms with van der Waals surface area (Å²) in [4.78, 5) is 52.7. The molecule has 0 saturated carbocycles. The number of rotatable bonds is 9. The van der Waals surface area contributed by atoms with Crippen LogP contribution < -0.4 is 27.9 Å². The summed E-state index contributed by atoms with van der Waals surface area (Å²) in [5.41, 5.74) is 12.5. The van der Waals surface area contributed by atoms with E-state index in [9.17, 15) is 19.5 Å². The van der Waals surface area contributed by atoms with Gasteiger partial charge in [-0.15, -0.1) is 11.8 Å². The number of hydrogen-bond acceptors (Lipinski definition) is 16. The van der Waals surface area contributed by atoms with Gasteiger partial charge in [0.15, 0.2) is 10.3 Å². The van der Waals surface area contributed by atoms with E-state index in [1.165, 1.54) is 33.4 Å². The molecule has 0 spiro atoms. The molecule has 1 aromatic rings. The minimum Gasteiger partial charge on any atom is -0.477 e. The quantitative estimate of drug-likeness (QED) is 0.0832. The molecule has 3 atom stereocenters. The molecule has 3 aliphatic heterocycles. The van der Waals surface area contributed by atoms with Gasteiger partial charge in [0, 0.05) is 28.6 Å². The van der Waals surface area contributed by atoms with Crippen LogP contribution in [0.25, 0.3) is 0 Å². The predicted molar refractivity (Wildman–Crippen MR) is 148 cm³/mol. The summed E-state index contributed by atoms with van der Waals surface area (Å²) in [5, 5.41) is 20.7. The molecule has 4 heterocycles. The predicted octanol–water partition coefficient (Wildman–Crippen LogP) is -1.39. The number of aromatic nitrogens is 2. The number of aliphatic imine (C=N–C) groups is 1. The van der Waals surface area contributed by atoms with Gasteiger partial charge in [-0.25, -0.2) is 15.6 Å². The summed E-state index contributed by atoms with van der Waals surface area (Å²) in [7, 11) is 1.73. The van der Waals surface area contributed by atoms with E-state index >= 15 is 0 Å². The number of aliphatic carboxylic acids is 1. The van der Waals surface area contributed by atoms with Crippen molar-refractivity contribution >= 4 is 68.9 Å².